The predicted octanol–water partition coefficient (Wildman–Crippen LogP) is 3.65. The molecule has 0 fully saturated rings. The first-order valence-corrected chi connectivity index (χ1v) is 9.04. The van der Waals surface area contributed by atoms with Crippen LogP contribution >= 0.6 is 0 Å². The van der Waals surface area contributed by atoms with Crippen molar-refractivity contribution < 1.29 is 14.3 Å². The average molecular weight is 361 g/mol. The van der Waals surface area contributed by atoms with E-state index in [0.29, 0.717) is 6.42 Å². The van der Waals surface area contributed by atoms with Crippen LogP contribution in [0.5, 0.6) is 0 Å². The molecule has 138 valence electrons. The number of carbonyl (C=O) groups excluding carboxylic acids is 2. The van der Waals surface area contributed by atoms with Crippen LogP contribution in [0.2, 0.25) is 0 Å². The van der Waals surface area contributed by atoms with Gasteiger partial charge < -0.3 is 10.1 Å². The molecule has 4 heteroatoms. The van der Waals surface area contributed by atoms with Crippen LogP contribution in [-0.4, -0.2) is 24.0 Å². The Labute approximate surface area is 159 Å². The molecule has 27 heavy (non-hydrogen) atoms. The van der Waals surface area contributed by atoms with Gasteiger partial charge in [-0.1, -0.05) is 48.5 Å². The van der Waals surface area contributed by atoms with Gasteiger partial charge in [0.15, 0.2) is 0 Å². The van der Waals surface area contributed by atoms with Crippen molar-refractivity contribution in [2.75, 3.05) is 6.61 Å². The summed E-state index contributed by atoms with van der Waals surface area (Å²) in [5, 5.41) is 2.70. The van der Waals surface area contributed by atoms with E-state index < -0.39 is 11.5 Å². The van der Waals surface area contributed by atoms with Crippen LogP contribution in [0.15, 0.2) is 48.5 Å². The summed E-state index contributed by atoms with van der Waals surface area (Å²) in [5.74, 6) is 1.69. The maximum absolute atomic E-state index is 12.6. The molecule has 1 aliphatic rings. The highest BCUT2D eigenvalue weighted by atomic mass is 16.5. The van der Waals surface area contributed by atoms with Crippen molar-refractivity contribution in [3.05, 3.63) is 59.7 Å². The minimum atomic E-state index is -1.11. The number of ether oxygens (including phenoxy) is 1. The molecule has 0 saturated carbocycles. The van der Waals surface area contributed by atoms with E-state index in [4.69, 9.17) is 11.2 Å². The Balaban J connectivity index is 1.70. The maximum atomic E-state index is 12.6. The van der Waals surface area contributed by atoms with Crippen LogP contribution in [0, 0.1) is 12.3 Å². The van der Waals surface area contributed by atoms with Crippen molar-refractivity contribution in [3.8, 4) is 23.5 Å². The fraction of sp³-hybridized carbons (Fsp3) is 0.304. The van der Waals surface area contributed by atoms with Crippen LogP contribution in [0.1, 0.15) is 43.7 Å². The highest BCUT2D eigenvalue weighted by molar-refractivity contribution is 5.87. The Morgan fingerprint density at radius 1 is 1.07 bits per heavy atom. The zero-order valence-corrected chi connectivity index (χ0v) is 15.6. The molecule has 0 bridgehead atoms. The molecule has 4 nitrogen and oxygen atoms in total. The summed E-state index contributed by atoms with van der Waals surface area (Å²) in [6, 6.07) is 16.3. The minimum absolute atomic E-state index is 0.00529. The maximum Gasteiger partial charge on any atom is 0.331 e. The number of esters is 1. The zero-order chi connectivity index (χ0) is 19.4. The summed E-state index contributed by atoms with van der Waals surface area (Å²) < 4.78 is 5.62. The molecular weight excluding hydrogens is 338 g/mol. The molecule has 0 saturated heterocycles. The van der Waals surface area contributed by atoms with Crippen molar-refractivity contribution in [2.45, 2.75) is 38.1 Å². The number of benzene rings is 2. The molecule has 3 rings (SSSR count). The lowest BCUT2D eigenvalue weighted by Gasteiger charge is -2.25. The molecule has 2 aromatic rings. The molecule has 1 amide bonds. The minimum Gasteiger partial charge on any atom is -0.463 e. The van der Waals surface area contributed by atoms with Gasteiger partial charge in [0.25, 0.3) is 0 Å². The first-order valence-electron chi connectivity index (χ1n) is 9.04. The van der Waals surface area contributed by atoms with Crippen LogP contribution in [0.3, 0.4) is 0 Å². The molecule has 0 spiro atoms. The SMILES string of the molecule is C#CCCC(=O)NC(C)(C)C(=O)OCC1c2ccccc2-c2ccccc21. The molecule has 1 aliphatic carbocycles. The Kier molecular flexibility index (Phi) is 5.32. The lowest BCUT2D eigenvalue weighted by molar-refractivity contribution is -0.152. The van der Waals surface area contributed by atoms with Gasteiger partial charge in [0.1, 0.15) is 12.1 Å². The predicted molar refractivity (Wildman–Crippen MR) is 105 cm³/mol. The van der Waals surface area contributed by atoms with E-state index in [0.717, 1.165) is 11.1 Å². The van der Waals surface area contributed by atoms with Crippen molar-refractivity contribution in [1.82, 2.24) is 5.32 Å². The van der Waals surface area contributed by atoms with Gasteiger partial charge in [-0.15, -0.1) is 12.3 Å². The summed E-state index contributed by atoms with van der Waals surface area (Å²) in [6.45, 7) is 3.51. The largest absolute Gasteiger partial charge is 0.463 e. The Morgan fingerprint density at radius 2 is 1.63 bits per heavy atom. The second-order valence-electron chi connectivity index (χ2n) is 7.20. The summed E-state index contributed by atoms with van der Waals surface area (Å²) in [7, 11) is 0. The second-order valence-corrected chi connectivity index (χ2v) is 7.20. The normalized spacial score (nSPS) is 12.6. The van der Waals surface area contributed by atoms with E-state index in [1.54, 1.807) is 13.8 Å². The Morgan fingerprint density at radius 3 is 2.19 bits per heavy atom. The van der Waals surface area contributed by atoms with Crippen LogP contribution in [0.4, 0.5) is 0 Å². The zero-order valence-electron chi connectivity index (χ0n) is 15.6. The van der Waals surface area contributed by atoms with E-state index in [2.05, 4.69) is 35.5 Å². The Bertz CT molecular complexity index is 862. The fourth-order valence-electron chi connectivity index (χ4n) is 3.43. The van der Waals surface area contributed by atoms with Gasteiger partial charge in [-0.2, -0.15) is 0 Å². The molecule has 0 radical (unpaired) electrons. The molecule has 0 unspecified atom stereocenters. The third kappa shape index (κ3) is 3.88. The van der Waals surface area contributed by atoms with Crippen molar-refractivity contribution >= 4 is 11.9 Å². The average Bonchev–Trinajstić information content (AvgIpc) is 2.98. The van der Waals surface area contributed by atoms with Crippen molar-refractivity contribution in [3.63, 3.8) is 0 Å². The van der Waals surface area contributed by atoms with Crippen molar-refractivity contribution in [2.24, 2.45) is 0 Å². The number of carbonyl (C=O) groups is 2. The van der Waals surface area contributed by atoms with Gasteiger partial charge >= 0.3 is 5.97 Å². The topological polar surface area (TPSA) is 55.4 Å². The molecular formula is C23H23NO3. The summed E-state index contributed by atoms with van der Waals surface area (Å²) in [5.41, 5.74) is 3.56. The molecule has 0 atom stereocenters. The molecule has 1 N–H and O–H groups in total. The van der Waals surface area contributed by atoms with Gasteiger partial charge in [0.2, 0.25) is 5.91 Å². The second kappa shape index (κ2) is 7.67. The van der Waals surface area contributed by atoms with E-state index in [-0.39, 0.29) is 24.9 Å². The number of fused-ring (bicyclic) bond motifs is 3. The first kappa shape index (κ1) is 18.7. The lowest BCUT2D eigenvalue weighted by Crippen LogP contribution is -2.50. The molecule has 2 aromatic carbocycles. The summed E-state index contributed by atoms with van der Waals surface area (Å²) in [6.07, 6.45) is 5.71. The molecule has 0 heterocycles. The quantitative estimate of drug-likeness (QED) is 0.631. The van der Waals surface area contributed by atoms with Crippen molar-refractivity contribution in [1.29, 1.82) is 0 Å². The number of hydrogen-bond acceptors (Lipinski definition) is 3. The van der Waals surface area contributed by atoms with E-state index >= 15 is 0 Å². The standard InChI is InChI=1S/C23H23NO3/c1-4-5-14-21(25)24-23(2,3)22(26)27-15-20-18-12-8-6-10-16(18)17-11-7-9-13-19(17)20/h1,6-13,20H,5,14-15H2,2-3H3,(H,24,25). The monoisotopic (exact) mass is 361 g/mol. The summed E-state index contributed by atoms with van der Waals surface area (Å²) >= 11 is 0. The lowest BCUT2D eigenvalue weighted by atomic mass is 9.98. The van der Waals surface area contributed by atoms with Gasteiger partial charge in [0, 0.05) is 18.8 Å². The summed E-state index contributed by atoms with van der Waals surface area (Å²) in [4.78, 5) is 24.5. The first-order chi connectivity index (χ1) is 12.9. The number of rotatable bonds is 6. The molecule has 0 aliphatic heterocycles. The third-order valence-electron chi connectivity index (χ3n) is 4.80. The van der Waals surface area contributed by atoms with Gasteiger partial charge in [-0.3, -0.25) is 4.79 Å². The fourth-order valence-corrected chi connectivity index (χ4v) is 3.43. The van der Waals surface area contributed by atoms with Crippen LogP contribution in [-0.2, 0) is 14.3 Å². The van der Waals surface area contributed by atoms with E-state index in [1.165, 1.54) is 11.1 Å². The highest BCUT2D eigenvalue weighted by Gasteiger charge is 2.34. The highest BCUT2D eigenvalue weighted by Crippen LogP contribution is 2.44. The number of hydrogen-bond donors (Lipinski definition) is 1. The number of terminal acetylenes is 1. The van der Waals surface area contributed by atoms with Crippen LogP contribution in [0.25, 0.3) is 11.1 Å². The van der Waals surface area contributed by atoms with Crippen LogP contribution < -0.4 is 5.32 Å². The third-order valence-corrected chi connectivity index (χ3v) is 4.80. The van der Waals surface area contributed by atoms with Gasteiger partial charge in [0.05, 0.1) is 0 Å². The Hall–Kier alpha value is -3.06. The number of amides is 1. The van der Waals surface area contributed by atoms with E-state index in [9.17, 15) is 9.59 Å². The molecule has 0 aromatic heterocycles. The smallest absolute Gasteiger partial charge is 0.331 e. The van der Waals surface area contributed by atoms with Gasteiger partial charge in [-0.05, 0) is 36.1 Å². The van der Waals surface area contributed by atoms with Gasteiger partial charge in [-0.25, -0.2) is 4.79 Å². The van der Waals surface area contributed by atoms with E-state index in [1.807, 2.05) is 24.3 Å². The number of nitrogens with one attached hydrogen (secondary N) is 1.